The van der Waals surface area contributed by atoms with Crippen LogP contribution in [0.2, 0.25) is 0 Å². The molecule has 3 aromatic rings. The van der Waals surface area contributed by atoms with E-state index in [1.165, 1.54) is 16.2 Å². The third-order valence-electron chi connectivity index (χ3n) is 3.54. The average molecular weight is 542 g/mol. The molecule has 0 amide bonds. The highest BCUT2D eigenvalue weighted by Gasteiger charge is 2.38. The molecule has 0 bridgehead atoms. The number of hydrogen-bond donors (Lipinski definition) is 0. The summed E-state index contributed by atoms with van der Waals surface area (Å²) in [6.07, 6.45) is 2.25. The second kappa shape index (κ2) is 8.95. The molecule has 116 valence electrons. The highest BCUT2D eigenvalue weighted by Crippen LogP contribution is 2.66. The monoisotopic (exact) mass is 542 g/mol. The van der Waals surface area contributed by atoms with Crippen LogP contribution in [0.1, 0.15) is 5.56 Å². The van der Waals surface area contributed by atoms with Gasteiger partial charge in [-0.25, -0.2) is 0 Å². The van der Waals surface area contributed by atoms with Gasteiger partial charge >= 0.3 is 0 Å². The summed E-state index contributed by atoms with van der Waals surface area (Å²) in [6, 6.07) is 32.1. The first kappa shape index (κ1) is 18.6. The molecule has 0 spiro atoms. The first-order valence-corrected chi connectivity index (χ1v) is 11.9. The second-order valence-electron chi connectivity index (χ2n) is 5.03. The topological polar surface area (TPSA) is 0 Å². The van der Waals surface area contributed by atoms with E-state index in [1.807, 2.05) is 0 Å². The van der Waals surface area contributed by atoms with Gasteiger partial charge in [-0.3, -0.25) is 0 Å². The molecule has 0 saturated heterocycles. The zero-order valence-corrected chi connectivity index (χ0v) is 17.7. The van der Waals surface area contributed by atoms with Crippen molar-refractivity contribution in [3.05, 3.63) is 102 Å². The van der Waals surface area contributed by atoms with Gasteiger partial charge in [-0.1, -0.05) is 66.7 Å². The van der Waals surface area contributed by atoms with Crippen molar-refractivity contribution >= 4 is 43.6 Å². The van der Waals surface area contributed by atoms with Crippen LogP contribution in [0.3, 0.4) is 0 Å². The predicted octanol–water partition coefficient (Wildman–Crippen LogP) is 2.68. The molecule has 0 aliphatic carbocycles. The van der Waals surface area contributed by atoms with Crippen molar-refractivity contribution in [2.45, 2.75) is 0 Å². The molecule has 0 atom stereocenters. The fourth-order valence-electron chi connectivity index (χ4n) is 2.36. The molecule has 0 aliphatic heterocycles. The van der Waals surface area contributed by atoms with E-state index in [4.69, 9.17) is 0 Å². The third-order valence-corrected chi connectivity index (χ3v) is 10.5. The van der Waals surface area contributed by atoms with E-state index in [1.54, 1.807) is 0 Å². The zero-order valence-electron chi connectivity index (χ0n) is 12.5. The zero-order chi connectivity index (χ0) is 15.3. The summed E-state index contributed by atoms with van der Waals surface area (Å²) in [6.45, 7) is 0. The van der Waals surface area contributed by atoms with Crippen molar-refractivity contribution in [1.82, 2.24) is 0 Å². The van der Waals surface area contributed by atoms with E-state index in [-0.39, 0.29) is 24.0 Å². The SMILES string of the molecule is I[P+](/C=C/c1ccccc1)(c1ccccc1)c1ccccc1.[I-]. The maximum absolute atomic E-state index is 2.66. The molecule has 0 nitrogen and oxygen atoms in total. The van der Waals surface area contributed by atoms with Crippen molar-refractivity contribution in [2.24, 2.45) is 0 Å². The van der Waals surface area contributed by atoms with Crippen molar-refractivity contribution in [1.29, 1.82) is 0 Å². The van der Waals surface area contributed by atoms with Gasteiger partial charge in [0.2, 0.25) is 0 Å². The van der Waals surface area contributed by atoms with E-state index in [0.717, 1.165) is 0 Å². The summed E-state index contributed by atoms with van der Waals surface area (Å²) >= 11 is 2.66. The van der Waals surface area contributed by atoms with Gasteiger partial charge in [-0.15, -0.1) is 0 Å². The van der Waals surface area contributed by atoms with Gasteiger partial charge in [-0.05, 0) is 35.9 Å². The van der Waals surface area contributed by atoms with Crippen LogP contribution in [0.25, 0.3) is 6.08 Å². The Balaban J connectivity index is 0.00000192. The molecule has 0 saturated carbocycles. The van der Waals surface area contributed by atoms with Crippen molar-refractivity contribution in [3.63, 3.8) is 0 Å². The van der Waals surface area contributed by atoms with Gasteiger partial charge in [-0.2, -0.15) is 0 Å². The fraction of sp³-hybridized carbons (Fsp3) is 0. The molecule has 3 rings (SSSR count). The smallest absolute Gasteiger partial charge is 0.172 e. The minimum absolute atomic E-state index is 0. The molecule has 0 unspecified atom stereocenters. The second-order valence-corrected chi connectivity index (χ2v) is 12.2. The normalized spacial score (nSPS) is 11.2. The number of halogens is 2. The Bertz CT molecular complexity index is 701. The van der Waals surface area contributed by atoms with E-state index in [2.05, 4.69) is 125 Å². The summed E-state index contributed by atoms with van der Waals surface area (Å²) in [5, 5.41) is 2.79. The Hall–Kier alpha value is -0.710. The summed E-state index contributed by atoms with van der Waals surface area (Å²) in [5.74, 6) is 2.40. The lowest BCUT2D eigenvalue weighted by Crippen LogP contribution is -3.00. The Morgan fingerprint density at radius 1 is 0.609 bits per heavy atom. The summed E-state index contributed by atoms with van der Waals surface area (Å²) in [4.78, 5) is -1.55. The molecule has 23 heavy (non-hydrogen) atoms. The van der Waals surface area contributed by atoms with Crippen LogP contribution in [-0.4, -0.2) is 0 Å². The average Bonchev–Trinajstić information content (AvgIpc) is 2.62. The Morgan fingerprint density at radius 2 is 1.00 bits per heavy atom. The lowest BCUT2D eigenvalue weighted by atomic mass is 10.2. The lowest BCUT2D eigenvalue weighted by molar-refractivity contribution is -0.00000402. The summed E-state index contributed by atoms with van der Waals surface area (Å²) in [5.41, 5.74) is 1.25. The van der Waals surface area contributed by atoms with E-state index >= 15 is 0 Å². The molecule has 0 radical (unpaired) electrons. The minimum atomic E-state index is -1.55. The van der Waals surface area contributed by atoms with E-state index < -0.39 is 4.90 Å². The van der Waals surface area contributed by atoms with Crippen LogP contribution in [0.15, 0.2) is 96.8 Å². The van der Waals surface area contributed by atoms with Gasteiger partial charge in [0, 0.05) is 0 Å². The van der Waals surface area contributed by atoms with E-state index in [0.29, 0.717) is 0 Å². The largest absolute Gasteiger partial charge is 1.00 e. The van der Waals surface area contributed by atoms with Crippen LogP contribution in [-0.2, 0) is 0 Å². The first-order chi connectivity index (χ1) is 10.8. The highest BCUT2D eigenvalue weighted by molar-refractivity contribution is 14.2. The van der Waals surface area contributed by atoms with Gasteiger partial charge in [0.15, 0.2) is 26.9 Å². The molecular weight excluding hydrogens is 525 g/mol. The van der Waals surface area contributed by atoms with Crippen molar-refractivity contribution in [2.75, 3.05) is 0 Å². The molecule has 3 aromatic carbocycles. The fourth-order valence-corrected chi connectivity index (χ4v) is 7.01. The maximum atomic E-state index is 2.66. The van der Waals surface area contributed by atoms with Gasteiger partial charge < -0.3 is 24.0 Å². The lowest BCUT2D eigenvalue weighted by Gasteiger charge is -2.15. The van der Waals surface area contributed by atoms with E-state index in [9.17, 15) is 0 Å². The number of hydrogen-bond acceptors (Lipinski definition) is 0. The van der Waals surface area contributed by atoms with Crippen LogP contribution < -0.4 is 34.6 Å². The predicted molar refractivity (Wildman–Crippen MR) is 109 cm³/mol. The Kier molecular flexibility index (Phi) is 7.25. The van der Waals surface area contributed by atoms with Gasteiger partial charge in [0.25, 0.3) is 0 Å². The standard InChI is InChI=1S/C20H17IP.HI/c21-22(19-12-6-2-7-13-19,20-14-8-3-9-15-20)17-16-18-10-4-1-5-11-18;/h1-17H;1H/q+1;/p-1/b17-16+;. The number of benzene rings is 3. The van der Waals surface area contributed by atoms with Gasteiger partial charge in [0.05, 0.1) is 5.82 Å². The Morgan fingerprint density at radius 3 is 1.43 bits per heavy atom. The molecular formula is C20H17I2P. The molecule has 3 heteroatoms. The molecule has 0 heterocycles. The summed E-state index contributed by atoms with van der Waals surface area (Å²) in [7, 11) is 0. The number of rotatable bonds is 4. The van der Waals surface area contributed by atoms with Crippen LogP contribution >= 0.6 is 26.9 Å². The van der Waals surface area contributed by atoms with Crippen LogP contribution in [0.4, 0.5) is 0 Å². The van der Waals surface area contributed by atoms with Crippen molar-refractivity contribution < 1.29 is 24.0 Å². The van der Waals surface area contributed by atoms with Crippen LogP contribution in [0.5, 0.6) is 0 Å². The molecule has 0 N–H and O–H groups in total. The highest BCUT2D eigenvalue weighted by atomic mass is 127. The quantitative estimate of drug-likeness (QED) is 0.352. The Labute approximate surface area is 168 Å². The summed E-state index contributed by atoms with van der Waals surface area (Å²) < 4.78 is 0. The molecule has 0 aliphatic rings. The molecule has 0 aromatic heterocycles. The van der Waals surface area contributed by atoms with Crippen LogP contribution in [0, 0.1) is 0 Å². The van der Waals surface area contributed by atoms with Crippen molar-refractivity contribution in [3.8, 4) is 0 Å². The molecule has 0 fully saturated rings. The third kappa shape index (κ3) is 4.65. The van der Waals surface area contributed by atoms with Gasteiger partial charge in [0.1, 0.15) is 10.6 Å². The maximum Gasteiger partial charge on any atom is 0.172 e. The first-order valence-electron chi connectivity index (χ1n) is 7.23. The minimum Gasteiger partial charge on any atom is -1.00 e.